The lowest BCUT2D eigenvalue weighted by atomic mass is 9.78. The lowest BCUT2D eigenvalue weighted by molar-refractivity contribution is 0.0717. The van der Waals surface area contributed by atoms with Crippen molar-refractivity contribution in [2.75, 3.05) is 0 Å². The number of aliphatic hydroxyl groups is 1. The molecule has 1 aliphatic rings. The summed E-state index contributed by atoms with van der Waals surface area (Å²) in [6, 6.07) is 8.21. The quantitative estimate of drug-likeness (QED) is 0.803. The number of benzene rings is 1. The summed E-state index contributed by atoms with van der Waals surface area (Å²) in [6.07, 6.45) is 4.11. The molecule has 1 saturated carbocycles. The zero-order valence-corrected chi connectivity index (χ0v) is 9.89. The Morgan fingerprint density at radius 3 is 2.62 bits per heavy atom. The zero-order valence-electron chi connectivity index (χ0n) is 9.89. The van der Waals surface area contributed by atoms with Crippen LogP contribution in [0.1, 0.15) is 42.9 Å². The van der Waals surface area contributed by atoms with E-state index < -0.39 is 6.10 Å². The Labute approximate surface area is 97.5 Å². The van der Waals surface area contributed by atoms with Crippen LogP contribution in [-0.4, -0.2) is 11.1 Å². The van der Waals surface area contributed by atoms with Gasteiger partial charge in [-0.15, -0.1) is 0 Å². The van der Waals surface area contributed by atoms with Gasteiger partial charge in [-0.1, -0.05) is 37.1 Å². The second-order valence-electron chi connectivity index (χ2n) is 4.91. The van der Waals surface area contributed by atoms with Crippen LogP contribution < -0.4 is 5.73 Å². The van der Waals surface area contributed by atoms with Gasteiger partial charge in [0.15, 0.2) is 0 Å². The van der Waals surface area contributed by atoms with E-state index in [9.17, 15) is 5.11 Å². The first-order valence-electron chi connectivity index (χ1n) is 6.19. The molecule has 0 radical (unpaired) electrons. The second-order valence-corrected chi connectivity index (χ2v) is 4.91. The van der Waals surface area contributed by atoms with Crippen molar-refractivity contribution in [3.05, 3.63) is 35.4 Å². The van der Waals surface area contributed by atoms with Gasteiger partial charge >= 0.3 is 0 Å². The van der Waals surface area contributed by atoms with Gasteiger partial charge in [-0.3, -0.25) is 0 Å². The molecule has 1 aromatic carbocycles. The molecule has 0 spiro atoms. The largest absolute Gasteiger partial charge is 0.388 e. The summed E-state index contributed by atoms with van der Waals surface area (Å²) >= 11 is 0. The van der Waals surface area contributed by atoms with Crippen LogP contribution in [0.4, 0.5) is 0 Å². The minimum absolute atomic E-state index is 0.156. The van der Waals surface area contributed by atoms with Crippen LogP contribution in [0.15, 0.2) is 24.3 Å². The van der Waals surface area contributed by atoms with E-state index in [1.54, 1.807) is 0 Å². The molecule has 2 rings (SSSR count). The van der Waals surface area contributed by atoms with Crippen LogP contribution in [0.3, 0.4) is 0 Å². The molecule has 0 heterocycles. The lowest BCUT2D eigenvalue weighted by Gasteiger charge is -2.33. The fourth-order valence-electron chi connectivity index (χ4n) is 2.73. The van der Waals surface area contributed by atoms with Gasteiger partial charge in [0.1, 0.15) is 0 Å². The number of hydrogen-bond acceptors (Lipinski definition) is 2. The van der Waals surface area contributed by atoms with E-state index in [2.05, 4.69) is 0 Å². The Kier molecular flexibility index (Phi) is 3.62. The Bertz CT molecular complexity index is 350. The molecule has 0 bridgehead atoms. The maximum Gasteiger partial charge on any atom is 0.0835 e. The third-order valence-corrected chi connectivity index (χ3v) is 3.79. The Balaban J connectivity index is 2.17. The lowest BCUT2D eigenvalue weighted by Crippen LogP contribution is -2.37. The fraction of sp³-hybridized carbons (Fsp3) is 0.571. The van der Waals surface area contributed by atoms with Crippen molar-refractivity contribution in [3.8, 4) is 0 Å². The highest BCUT2D eigenvalue weighted by Gasteiger charge is 2.29. The van der Waals surface area contributed by atoms with E-state index in [0.717, 1.165) is 24.0 Å². The van der Waals surface area contributed by atoms with Crippen LogP contribution in [0, 0.1) is 12.8 Å². The first-order chi connectivity index (χ1) is 7.70. The number of rotatable bonds is 2. The van der Waals surface area contributed by atoms with Gasteiger partial charge in [-0.25, -0.2) is 0 Å². The highest BCUT2D eigenvalue weighted by atomic mass is 16.3. The van der Waals surface area contributed by atoms with Gasteiger partial charge in [0.25, 0.3) is 0 Å². The van der Waals surface area contributed by atoms with E-state index in [1.807, 2.05) is 31.2 Å². The average molecular weight is 219 g/mol. The molecule has 1 aliphatic carbocycles. The van der Waals surface area contributed by atoms with Gasteiger partial charge in [-0.05, 0) is 30.9 Å². The summed E-state index contributed by atoms with van der Waals surface area (Å²) in [5.74, 6) is 0.231. The summed E-state index contributed by atoms with van der Waals surface area (Å²) < 4.78 is 0. The zero-order chi connectivity index (χ0) is 11.5. The van der Waals surface area contributed by atoms with Crippen molar-refractivity contribution >= 4 is 0 Å². The van der Waals surface area contributed by atoms with Crippen molar-refractivity contribution in [2.45, 2.75) is 44.8 Å². The molecule has 1 aromatic rings. The fourth-order valence-corrected chi connectivity index (χ4v) is 2.73. The van der Waals surface area contributed by atoms with Crippen LogP contribution in [0.25, 0.3) is 0 Å². The van der Waals surface area contributed by atoms with E-state index in [1.165, 1.54) is 12.8 Å². The first-order valence-corrected chi connectivity index (χ1v) is 6.19. The molecular formula is C14H21NO. The summed E-state index contributed by atoms with van der Waals surface area (Å²) in [6.45, 7) is 2.05. The molecule has 0 saturated heterocycles. The molecule has 3 atom stereocenters. The van der Waals surface area contributed by atoms with Crippen molar-refractivity contribution in [3.63, 3.8) is 0 Å². The Morgan fingerprint density at radius 2 is 1.94 bits per heavy atom. The molecule has 3 unspecified atom stereocenters. The normalized spacial score (nSPS) is 27.7. The molecule has 2 nitrogen and oxygen atoms in total. The number of aryl methyl sites for hydroxylation is 1. The molecule has 16 heavy (non-hydrogen) atoms. The molecule has 2 heteroatoms. The molecule has 88 valence electrons. The summed E-state index contributed by atoms with van der Waals surface area (Å²) in [7, 11) is 0. The van der Waals surface area contributed by atoms with Gasteiger partial charge in [-0.2, -0.15) is 0 Å². The molecular weight excluding hydrogens is 198 g/mol. The predicted octanol–water partition coefficient (Wildman–Crippen LogP) is 2.55. The molecule has 3 N–H and O–H groups in total. The monoisotopic (exact) mass is 219 g/mol. The van der Waals surface area contributed by atoms with Gasteiger partial charge in [0.05, 0.1) is 6.10 Å². The molecule has 0 aliphatic heterocycles. The molecule has 0 amide bonds. The minimum Gasteiger partial charge on any atom is -0.388 e. The van der Waals surface area contributed by atoms with E-state index >= 15 is 0 Å². The van der Waals surface area contributed by atoms with Crippen LogP contribution in [0.5, 0.6) is 0 Å². The van der Waals surface area contributed by atoms with Gasteiger partial charge < -0.3 is 10.8 Å². The highest BCUT2D eigenvalue weighted by molar-refractivity contribution is 5.28. The minimum atomic E-state index is -0.392. The maximum absolute atomic E-state index is 10.4. The second kappa shape index (κ2) is 4.98. The van der Waals surface area contributed by atoms with E-state index in [4.69, 9.17) is 5.73 Å². The van der Waals surface area contributed by atoms with Crippen molar-refractivity contribution in [1.29, 1.82) is 0 Å². The first kappa shape index (κ1) is 11.6. The van der Waals surface area contributed by atoms with Crippen molar-refractivity contribution in [2.24, 2.45) is 11.7 Å². The molecule has 0 aromatic heterocycles. The third kappa shape index (κ3) is 2.28. The third-order valence-electron chi connectivity index (χ3n) is 3.79. The number of hydrogen-bond donors (Lipinski definition) is 2. The topological polar surface area (TPSA) is 46.2 Å². The van der Waals surface area contributed by atoms with Crippen LogP contribution >= 0.6 is 0 Å². The summed E-state index contributed by atoms with van der Waals surface area (Å²) in [5, 5.41) is 10.4. The van der Waals surface area contributed by atoms with Gasteiger partial charge in [0, 0.05) is 12.0 Å². The highest BCUT2D eigenvalue weighted by Crippen LogP contribution is 2.34. The van der Waals surface area contributed by atoms with Crippen molar-refractivity contribution < 1.29 is 5.11 Å². The van der Waals surface area contributed by atoms with E-state index in [-0.39, 0.29) is 12.0 Å². The predicted molar refractivity (Wildman–Crippen MR) is 66.1 cm³/mol. The number of aliphatic hydroxyl groups excluding tert-OH is 1. The van der Waals surface area contributed by atoms with Gasteiger partial charge in [0.2, 0.25) is 0 Å². The smallest absolute Gasteiger partial charge is 0.0835 e. The average Bonchev–Trinajstić information content (AvgIpc) is 2.29. The maximum atomic E-state index is 10.4. The Morgan fingerprint density at radius 1 is 1.25 bits per heavy atom. The number of nitrogens with two attached hydrogens (primary N) is 1. The van der Waals surface area contributed by atoms with Crippen LogP contribution in [-0.2, 0) is 0 Å². The Hall–Kier alpha value is -0.860. The van der Waals surface area contributed by atoms with E-state index in [0.29, 0.717) is 0 Å². The standard InChI is InChI=1S/C14H21NO/c1-10-6-2-3-7-11(10)14(16)12-8-4-5-9-13(12)15/h2-3,6-7,12-14,16H,4-5,8-9,15H2,1H3. The van der Waals surface area contributed by atoms with Crippen LogP contribution in [0.2, 0.25) is 0 Å². The SMILES string of the molecule is Cc1ccccc1C(O)C1CCCCC1N. The summed E-state index contributed by atoms with van der Waals surface area (Å²) in [5.41, 5.74) is 8.31. The van der Waals surface area contributed by atoms with Crippen molar-refractivity contribution in [1.82, 2.24) is 0 Å². The molecule has 1 fully saturated rings. The summed E-state index contributed by atoms with van der Waals surface area (Å²) in [4.78, 5) is 0.